The molecule has 1 N–H and O–H groups in total. The Balaban J connectivity index is -0.000000264. The molecule has 6 heteroatoms. The standard InChI is InChI=1S/C12H25NO3.C2H6.CH3.O.V/c1-5-8-16-10-12(3,4)11(14)13-7-9-15-6-2;1-2;;;/h5-10H2,1-4H3,(H,13,14);1-2H3;1H3;;/q;;-1;;. The summed E-state index contributed by atoms with van der Waals surface area (Å²) in [6, 6.07) is 0. The third-order valence-corrected chi connectivity index (χ3v) is 2.16. The molecule has 0 aliphatic carbocycles. The third-order valence-electron chi connectivity index (χ3n) is 2.16. The second kappa shape index (κ2) is 22.1. The second-order valence-electron chi connectivity index (χ2n) is 4.39. The summed E-state index contributed by atoms with van der Waals surface area (Å²) < 4.78 is 18.7. The minimum absolute atomic E-state index is 0. The van der Waals surface area contributed by atoms with Crippen LogP contribution in [0, 0.1) is 12.8 Å². The molecule has 0 fully saturated rings. The minimum atomic E-state index is -0.471. The fraction of sp³-hybridized carbons (Fsp3) is 0.867. The zero-order valence-electron chi connectivity index (χ0n) is 14.8. The molecule has 21 heavy (non-hydrogen) atoms. The van der Waals surface area contributed by atoms with Crippen molar-refractivity contribution in [3.8, 4) is 0 Å². The molecule has 0 aromatic carbocycles. The predicted molar refractivity (Wildman–Crippen MR) is 82.8 cm³/mol. The maximum atomic E-state index is 11.8. The van der Waals surface area contributed by atoms with Crippen molar-refractivity contribution in [2.24, 2.45) is 5.41 Å². The van der Waals surface area contributed by atoms with E-state index in [1.807, 2.05) is 34.6 Å². The number of rotatable bonds is 9. The van der Waals surface area contributed by atoms with Crippen molar-refractivity contribution < 1.29 is 35.3 Å². The summed E-state index contributed by atoms with van der Waals surface area (Å²) in [6.45, 7) is 14.7. The van der Waals surface area contributed by atoms with Crippen LogP contribution >= 0.6 is 0 Å². The van der Waals surface area contributed by atoms with Crippen LogP contribution in [0.1, 0.15) is 48.0 Å². The van der Waals surface area contributed by atoms with Gasteiger partial charge in [-0.05, 0) is 27.2 Å². The molecule has 0 aliphatic heterocycles. The normalized spacial score (nSPS) is 9.19. The first-order valence-electron chi connectivity index (χ1n) is 7.16. The van der Waals surface area contributed by atoms with Crippen LogP contribution in [0.4, 0.5) is 0 Å². The Morgan fingerprint density at radius 1 is 1.10 bits per heavy atom. The molecule has 0 rings (SSSR count). The fourth-order valence-corrected chi connectivity index (χ4v) is 1.16. The van der Waals surface area contributed by atoms with Gasteiger partial charge in [-0.1, -0.05) is 20.8 Å². The van der Waals surface area contributed by atoms with Crippen LogP contribution in [0.15, 0.2) is 0 Å². The first-order valence-corrected chi connectivity index (χ1v) is 7.73. The van der Waals surface area contributed by atoms with E-state index in [0.717, 1.165) is 23.8 Å². The van der Waals surface area contributed by atoms with Gasteiger partial charge in [0, 0.05) is 19.8 Å². The van der Waals surface area contributed by atoms with Gasteiger partial charge < -0.3 is 22.2 Å². The zero-order chi connectivity index (χ0) is 16.4. The monoisotopic (exact) mass is 343 g/mol. The van der Waals surface area contributed by atoms with Gasteiger partial charge in [0.25, 0.3) is 0 Å². The van der Waals surface area contributed by atoms with Crippen molar-refractivity contribution in [1.29, 1.82) is 0 Å². The molecule has 129 valence electrons. The van der Waals surface area contributed by atoms with Gasteiger partial charge in [0.05, 0.1) is 18.6 Å². The molecule has 0 aromatic rings. The average molecular weight is 343 g/mol. The Kier molecular flexibility index (Phi) is 30.3. The number of carbonyl (C=O) groups is 1. The van der Waals surface area contributed by atoms with Crippen molar-refractivity contribution >= 4 is 5.91 Å². The van der Waals surface area contributed by atoms with Crippen molar-refractivity contribution in [3.05, 3.63) is 7.43 Å². The zero-order valence-corrected chi connectivity index (χ0v) is 16.2. The molecule has 1 amide bonds. The molecule has 0 aliphatic rings. The molecule has 0 saturated heterocycles. The molecule has 0 aromatic heterocycles. The number of carbonyl (C=O) groups excluding carboxylic acids is 1. The van der Waals surface area contributed by atoms with Crippen molar-refractivity contribution in [2.75, 3.05) is 33.0 Å². The van der Waals surface area contributed by atoms with Gasteiger partial charge in [0.15, 0.2) is 0 Å². The van der Waals surface area contributed by atoms with E-state index in [1.54, 1.807) is 0 Å². The summed E-state index contributed by atoms with van der Waals surface area (Å²) in [7, 11) is 0. The van der Waals surface area contributed by atoms with Crippen LogP contribution in [-0.2, 0) is 35.3 Å². The molecule has 5 nitrogen and oxygen atoms in total. The maximum absolute atomic E-state index is 11.8. The summed E-state index contributed by atoms with van der Waals surface area (Å²) in [5.41, 5.74) is -0.471. The van der Waals surface area contributed by atoms with E-state index in [2.05, 4.69) is 12.2 Å². The van der Waals surface area contributed by atoms with Gasteiger partial charge >= 0.3 is 21.0 Å². The van der Waals surface area contributed by atoms with Crippen LogP contribution in [0.5, 0.6) is 0 Å². The van der Waals surface area contributed by atoms with Gasteiger partial charge in [-0.2, -0.15) is 0 Å². The molecule has 0 spiro atoms. The topological polar surface area (TPSA) is 64.6 Å². The first kappa shape index (κ1) is 28.9. The van der Waals surface area contributed by atoms with Crippen molar-refractivity contribution in [2.45, 2.75) is 48.0 Å². The van der Waals surface area contributed by atoms with Crippen molar-refractivity contribution in [1.82, 2.24) is 5.32 Å². The van der Waals surface area contributed by atoms with Gasteiger partial charge in [-0.25, -0.2) is 0 Å². The molecule has 0 unspecified atom stereocenters. The molecule has 0 atom stereocenters. The van der Waals surface area contributed by atoms with E-state index >= 15 is 0 Å². The van der Waals surface area contributed by atoms with Crippen molar-refractivity contribution in [3.63, 3.8) is 0 Å². The Hall–Kier alpha value is -0.226. The molecule has 0 radical (unpaired) electrons. The molecule has 0 bridgehead atoms. The fourth-order valence-electron chi connectivity index (χ4n) is 1.16. The summed E-state index contributed by atoms with van der Waals surface area (Å²) in [5.74, 6) is 0.0170. The molecule has 0 saturated carbocycles. The van der Waals surface area contributed by atoms with Crippen LogP contribution < -0.4 is 5.32 Å². The van der Waals surface area contributed by atoms with E-state index in [1.165, 1.54) is 0 Å². The van der Waals surface area contributed by atoms with Gasteiger partial charge in [-0.15, -0.1) is 0 Å². The second-order valence-corrected chi connectivity index (χ2v) is 4.39. The number of hydrogen-bond acceptors (Lipinski definition) is 4. The Morgan fingerprint density at radius 3 is 2.05 bits per heavy atom. The Labute approximate surface area is 140 Å². The van der Waals surface area contributed by atoms with Crippen LogP contribution in [0.2, 0.25) is 0 Å². The predicted octanol–water partition coefficient (Wildman–Crippen LogP) is 2.95. The molecular weight excluding hydrogens is 309 g/mol. The van der Waals surface area contributed by atoms with Crippen LogP contribution in [0.25, 0.3) is 0 Å². The Bertz CT molecular complexity index is 214. The summed E-state index contributed by atoms with van der Waals surface area (Å²) >= 11 is 1.06. The van der Waals surface area contributed by atoms with E-state index in [0.29, 0.717) is 33.0 Å². The van der Waals surface area contributed by atoms with Crippen LogP contribution in [-0.4, -0.2) is 38.9 Å². The van der Waals surface area contributed by atoms with E-state index in [9.17, 15) is 4.79 Å². The summed E-state index contributed by atoms with van der Waals surface area (Å²) in [6.07, 6.45) is 0.974. The van der Waals surface area contributed by atoms with Gasteiger partial charge in [-0.3, -0.25) is 4.79 Å². The van der Waals surface area contributed by atoms with Gasteiger partial charge in [0.2, 0.25) is 5.91 Å². The number of ether oxygens (including phenoxy) is 2. The van der Waals surface area contributed by atoms with E-state index < -0.39 is 5.41 Å². The van der Waals surface area contributed by atoms with E-state index in [-0.39, 0.29) is 13.3 Å². The molecular formula is C15H34NO4V-. The quantitative estimate of drug-likeness (QED) is 0.516. The van der Waals surface area contributed by atoms with Crippen LogP contribution in [0.3, 0.4) is 0 Å². The average Bonchev–Trinajstić information content (AvgIpc) is 2.47. The van der Waals surface area contributed by atoms with E-state index in [4.69, 9.17) is 13.1 Å². The molecule has 0 heterocycles. The summed E-state index contributed by atoms with van der Waals surface area (Å²) in [5, 5.41) is 2.84. The van der Waals surface area contributed by atoms with Gasteiger partial charge in [0.1, 0.15) is 0 Å². The number of nitrogens with one attached hydrogen (secondary N) is 1. The first-order chi connectivity index (χ1) is 9.54. The Morgan fingerprint density at radius 2 is 1.62 bits per heavy atom. The number of amides is 1. The number of hydrogen-bond donors (Lipinski definition) is 1. The third kappa shape index (κ3) is 19.8. The summed E-state index contributed by atoms with van der Waals surface area (Å²) in [4.78, 5) is 11.8. The SMILES string of the molecule is CC.CCCOCC(C)(C)C(=O)NCCOCC.[CH3-].[O]=[V].